The van der Waals surface area contributed by atoms with Crippen LogP contribution in [-0.2, 0) is 17.8 Å². The summed E-state index contributed by atoms with van der Waals surface area (Å²) in [4.78, 5) is 45.0. The first-order chi connectivity index (χ1) is 18.7. The number of benzene rings is 2. The van der Waals surface area contributed by atoms with E-state index in [1.54, 1.807) is 0 Å². The normalized spacial score (nSPS) is 13.6. The summed E-state index contributed by atoms with van der Waals surface area (Å²) in [7, 11) is 0. The fourth-order valence-electron chi connectivity index (χ4n) is 4.90. The second-order valence-electron chi connectivity index (χ2n) is 10.2. The Morgan fingerprint density at radius 2 is 1.79 bits per heavy atom. The number of aryl methyl sites for hydroxylation is 2. The molecule has 3 aromatic rings. The minimum atomic E-state index is -0.490. The van der Waals surface area contributed by atoms with Crippen molar-refractivity contribution in [3.8, 4) is 5.75 Å². The van der Waals surface area contributed by atoms with Crippen molar-refractivity contribution in [3.05, 3.63) is 80.5 Å². The van der Waals surface area contributed by atoms with Gasteiger partial charge < -0.3 is 19.9 Å². The third kappa shape index (κ3) is 7.10. The van der Waals surface area contributed by atoms with Crippen LogP contribution in [-0.4, -0.2) is 52.6 Å². The van der Waals surface area contributed by atoms with Crippen molar-refractivity contribution in [2.75, 3.05) is 36.4 Å². The van der Waals surface area contributed by atoms with Gasteiger partial charge in [0.1, 0.15) is 11.6 Å². The molecule has 39 heavy (non-hydrogen) atoms. The Morgan fingerprint density at radius 1 is 1.05 bits per heavy atom. The smallest absolute Gasteiger partial charge is 0.329 e. The predicted octanol–water partition coefficient (Wildman–Crippen LogP) is 4.07. The van der Waals surface area contributed by atoms with Crippen molar-refractivity contribution in [2.24, 2.45) is 0 Å². The maximum atomic E-state index is 12.8. The molecule has 0 bridgehead atoms. The highest BCUT2D eigenvalue weighted by molar-refractivity contribution is 5.76. The van der Waals surface area contributed by atoms with Crippen LogP contribution in [0.5, 0.6) is 5.75 Å². The molecule has 0 saturated carbocycles. The molecule has 1 amide bonds. The largest absolute Gasteiger partial charge is 0.489 e. The Labute approximate surface area is 229 Å². The standard InChI is InChI=1S/C30H39N5O4/c1-5-23-19-24(13-12-22(23)4)31-27-20-29(37)35(30(38)32-27)14-8-11-28(36)34-17-15-33(16-18-34)25-9-6-7-10-26(25)39-21(2)3/h6-7,9-10,12-13,19-21,31H,5,8,11,14-18H2,1-4H3,(H,32,38). The summed E-state index contributed by atoms with van der Waals surface area (Å²) in [6, 6.07) is 15.3. The number of para-hydroxylation sites is 2. The third-order valence-electron chi connectivity index (χ3n) is 7.00. The van der Waals surface area contributed by atoms with E-state index in [-0.39, 0.29) is 25.0 Å². The van der Waals surface area contributed by atoms with E-state index in [0.717, 1.165) is 41.2 Å². The third-order valence-corrected chi connectivity index (χ3v) is 7.00. The van der Waals surface area contributed by atoms with E-state index >= 15 is 0 Å². The number of aromatic amines is 1. The fraction of sp³-hybridized carbons (Fsp3) is 0.433. The van der Waals surface area contributed by atoms with Gasteiger partial charge in [0.05, 0.1) is 11.8 Å². The summed E-state index contributed by atoms with van der Waals surface area (Å²) in [5.74, 6) is 1.24. The highest BCUT2D eigenvalue weighted by Crippen LogP contribution is 2.29. The number of H-pyrrole nitrogens is 1. The lowest BCUT2D eigenvalue weighted by molar-refractivity contribution is -0.131. The predicted molar refractivity (Wildman–Crippen MR) is 155 cm³/mol. The number of hydrogen-bond acceptors (Lipinski definition) is 6. The zero-order valence-corrected chi connectivity index (χ0v) is 23.3. The summed E-state index contributed by atoms with van der Waals surface area (Å²) in [6.45, 7) is 11.0. The topological polar surface area (TPSA) is 99.7 Å². The summed E-state index contributed by atoms with van der Waals surface area (Å²) in [6.07, 6.45) is 1.68. The Morgan fingerprint density at radius 3 is 2.49 bits per heavy atom. The van der Waals surface area contributed by atoms with Crippen molar-refractivity contribution in [1.29, 1.82) is 0 Å². The Bertz CT molecular complexity index is 1370. The van der Waals surface area contributed by atoms with Gasteiger partial charge in [0.25, 0.3) is 5.56 Å². The number of carbonyl (C=O) groups is 1. The Hall–Kier alpha value is -4.01. The molecule has 2 aromatic carbocycles. The number of nitrogens with zero attached hydrogens (tertiary/aromatic N) is 3. The van der Waals surface area contributed by atoms with Gasteiger partial charge in [-0.05, 0) is 69.0 Å². The van der Waals surface area contributed by atoms with E-state index in [0.29, 0.717) is 25.3 Å². The zero-order valence-electron chi connectivity index (χ0n) is 23.3. The average molecular weight is 534 g/mol. The van der Waals surface area contributed by atoms with Crippen molar-refractivity contribution in [3.63, 3.8) is 0 Å². The number of ether oxygens (including phenoxy) is 1. The van der Waals surface area contributed by atoms with Crippen LogP contribution in [0.4, 0.5) is 17.2 Å². The number of amides is 1. The molecule has 0 atom stereocenters. The second-order valence-corrected chi connectivity index (χ2v) is 10.2. The summed E-state index contributed by atoms with van der Waals surface area (Å²) >= 11 is 0. The first-order valence-electron chi connectivity index (χ1n) is 13.7. The van der Waals surface area contributed by atoms with Crippen LogP contribution in [0.15, 0.2) is 58.1 Å². The van der Waals surface area contributed by atoms with E-state index in [2.05, 4.69) is 35.1 Å². The molecular formula is C30H39N5O4. The molecule has 9 nitrogen and oxygen atoms in total. The van der Waals surface area contributed by atoms with Gasteiger partial charge >= 0.3 is 5.69 Å². The summed E-state index contributed by atoms with van der Waals surface area (Å²) < 4.78 is 7.10. The van der Waals surface area contributed by atoms with Crippen molar-refractivity contribution >= 4 is 23.1 Å². The first-order valence-corrected chi connectivity index (χ1v) is 13.7. The lowest BCUT2D eigenvalue weighted by Gasteiger charge is -2.37. The van der Waals surface area contributed by atoms with Gasteiger partial charge in [0.15, 0.2) is 0 Å². The van der Waals surface area contributed by atoms with E-state index in [9.17, 15) is 14.4 Å². The van der Waals surface area contributed by atoms with Gasteiger partial charge in [0.2, 0.25) is 5.91 Å². The number of aromatic nitrogens is 2. The fourth-order valence-corrected chi connectivity index (χ4v) is 4.90. The number of nitrogens with one attached hydrogen (secondary N) is 2. The van der Waals surface area contributed by atoms with Crippen molar-refractivity contribution in [1.82, 2.24) is 14.5 Å². The molecule has 9 heteroatoms. The summed E-state index contributed by atoms with van der Waals surface area (Å²) in [5, 5.41) is 3.12. The van der Waals surface area contributed by atoms with Crippen LogP contribution >= 0.6 is 0 Å². The van der Waals surface area contributed by atoms with Gasteiger partial charge in [-0.2, -0.15) is 0 Å². The SMILES string of the molecule is CCc1cc(Nc2cc(=O)n(CCCC(=O)N3CCN(c4ccccc4OC(C)C)CC3)c(=O)[nH]2)ccc1C. The van der Waals surface area contributed by atoms with Crippen molar-refractivity contribution < 1.29 is 9.53 Å². The molecule has 1 fully saturated rings. The second kappa shape index (κ2) is 12.7. The zero-order chi connectivity index (χ0) is 27.9. The average Bonchev–Trinajstić information content (AvgIpc) is 2.91. The Kier molecular flexibility index (Phi) is 9.11. The number of hydrogen-bond donors (Lipinski definition) is 2. The van der Waals surface area contributed by atoms with E-state index in [1.807, 2.05) is 55.1 Å². The monoisotopic (exact) mass is 533 g/mol. The molecule has 1 aromatic heterocycles. The quantitative estimate of drug-likeness (QED) is 0.408. The van der Waals surface area contributed by atoms with Gasteiger partial charge in [-0.1, -0.05) is 25.1 Å². The highest BCUT2D eigenvalue weighted by atomic mass is 16.5. The van der Waals surface area contributed by atoms with Crippen LogP contribution in [0.3, 0.4) is 0 Å². The lowest BCUT2D eigenvalue weighted by Crippen LogP contribution is -2.49. The molecular weight excluding hydrogens is 494 g/mol. The number of rotatable bonds is 10. The molecule has 0 unspecified atom stereocenters. The molecule has 1 aliphatic rings. The molecule has 208 valence electrons. The van der Waals surface area contributed by atoms with Gasteiger partial charge in [-0.15, -0.1) is 0 Å². The van der Waals surface area contributed by atoms with E-state index in [4.69, 9.17) is 4.74 Å². The van der Waals surface area contributed by atoms with Gasteiger partial charge in [0, 0.05) is 50.9 Å². The first kappa shape index (κ1) is 28.0. The molecule has 2 heterocycles. The molecule has 0 spiro atoms. The van der Waals surface area contributed by atoms with Gasteiger partial charge in [-0.3, -0.25) is 19.1 Å². The van der Waals surface area contributed by atoms with Crippen LogP contribution in [0.25, 0.3) is 0 Å². The highest BCUT2D eigenvalue weighted by Gasteiger charge is 2.23. The van der Waals surface area contributed by atoms with E-state index < -0.39 is 11.2 Å². The van der Waals surface area contributed by atoms with Crippen LogP contribution in [0.1, 0.15) is 44.7 Å². The maximum absolute atomic E-state index is 12.8. The van der Waals surface area contributed by atoms with E-state index in [1.165, 1.54) is 17.2 Å². The van der Waals surface area contributed by atoms with Gasteiger partial charge in [-0.25, -0.2) is 4.79 Å². The van der Waals surface area contributed by atoms with Crippen LogP contribution < -0.4 is 26.2 Å². The molecule has 1 aliphatic heterocycles. The lowest BCUT2D eigenvalue weighted by atomic mass is 10.1. The summed E-state index contributed by atoms with van der Waals surface area (Å²) in [5.41, 5.74) is 3.37. The van der Waals surface area contributed by atoms with Crippen LogP contribution in [0.2, 0.25) is 0 Å². The van der Waals surface area contributed by atoms with Crippen LogP contribution in [0, 0.1) is 6.92 Å². The molecule has 0 radical (unpaired) electrons. The minimum absolute atomic E-state index is 0.0372. The molecule has 4 rings (SSSR count). The molecule has 2 N–H and O–H groups in total. The number of anilines is 3. The maximum Gasteiger partial charge on any atom is 0.329 e. The molecule has 0 aliphatic carbocycles. The number of carbonyl (C=O) groups excluding carboxylic acids is 1. The number of piperazine rings is 1. The molecule has 1 saturated heterocycles. The van der Waals surface area contributed by atoms with Crippen molar-refractivity contribution in [2.45, 2.75) is 59.6 Å². The minimum Gasteiger partial charge on any atom is -0.489 e. The Balaban J connectivity index is 1.29.